The number of rotatable bonds is 3. The molecular weight excluding hydrogens is 312 g/mol. The average molecular weight is 336 g/mol. The Labute approximate surface area is 138 Å². The van der Waals surface area contributed by atoms with Gasteiger partial charge in [-0.2, -0.15) is 0 Å². The molecule has 0 aliphatic carbocycles. The molecule has 1 atom stereocenters. The lowest BCUT2D eigenvalue weighted by molar-refractivity contribution is -0.146. The van der Waals surface area contributed by atoms with Crippen molar-refractivity contribution in [3.8, 4) is 0 Å². The normalized spacial score (nSPS) is 26.2. The summed E-state index contributed by atoms with van der Waals surface area (Å²) in [6.07, 6.45) is 3.60. The number of aryl methyl sites for hydroxylation is 1. The molecule has 2 fully saturated rings. The maximum atomic E-state index is 13.0. The minimum Gasteiger partial charge on any atom is -0.338 e. The fraction of sp³-hybridized carbons (Fsp3) is 0.588. The molecule has 126 valence electrons. The van der Waals surface area contributed by atoms with Crippen LogP contribution in [0.25, 0.3) is 0 Å². The maximum absolute atomic E-state index is 13.0. The van der Waals surface area contributed by atoms with E-state index in [-0.39, 0.29) is 5.91 Å². The van der Waals surface area contributed by atoms with Gasteiger partial charge < -0.3 is 4.90 Å². The SMILES string of the molecule is Cc1cccc(CN2CCC[C@@]3(CCN(S(C)(=O)=O)C3)C2=O)c1. The standard InChI is InChI=1S/C17H24N2O3S/c1-14-5-3-6-15(11-14)12-18-9-4-7-17(16(18)20)8-10-19(13-17)23(2,21)22/h3,5-6,11H,4,7-10,12-13H2,1-2H3/t17-/m0/s1. The van der Waals surface area contributed by atoms with Crippen molar-refractivity contribution in [3.63, 3.8) is 0 Å². The third kappa shape index (κ3) is 3.28. The molecule has 3 rings (SSSR count). The Bertz CT molecular complexity index is 716. The van der Waals surface area contributed by atoms with E-state index in [1.807, 2.05) is 30.0 Å². The van der Waals surface area contributed by atoms with Crippen molar-refractivity contribution in [2.75, 3.05) is 25.9 Å². The van der Waals surface area contributed by atoms with E-state index in [0.29, 0.717) is 26.1 Å². The lowest BCUT2D eigenvalue weighted by atomic mass is 9.78. The zero-order chi connectivity index (χ0) is 16.7. The Morgan fingerprint density at radius 3 is 2.65 bits per heavy atom. The first kappa shape index (κ1) is 16.5. The molecule has 1 spiro atoms. The van der Waals surface area contributed by atoms with Crippen molar-refractivity contribution in [3.05, 3.63) is 35.4 Å². The second kappa shape index (κ2) is 5.91. The molecule has 0 radical (unpaired) electrons. The van der Waals surface area contributed by atoms with Crippen LogP contribution in [-0.4, -0.2) is 49.4 Å². The van der Waals surface area contributed by atoms with E-state index in [4.69, 9.17) is 0 Å². The van der Waals surface area contributed by atoms with E-state index in [1.165, 1.54) is 16.1 Å². The summed E-state index contributed by atoms with van der Waals surface area (Å²) in [4.78, 5) is 14.9. The summed E-state index contributed by atoms with van der Waals surface area (Å²) in [7, 11) is -3.22. The molecule has 0 saturated carbocycles. The Morgan fingerprint density at radius 2 is 2.00 bits per heavy atom. The number of benzene rings is 1. The van der Waals surface area contributed by atoms with Crippen molar-refractivity contribution in [2.45, 2.75) is 32.7 Å². The van der Waals surface area contributed by atoms with Crippen molar-refractivity contribution >= 4 is 15.9 Å². The molecule has 2 aliphatic heterocycles. The van der Waals surface area contributed by atoms with Gasteiger partial charge in [-0.3, -0.25) is 4.79 Å². The highest BCUT2D eigenvalue weighted by Crippen LogP contribution is 2.41. The number of piperidine rings is 1. The Balaban J connectivity index is 1.77. The lowest BCUT2D eigenvalue weighted by Crippen LogP contribution is -2.49. The van der Waals surface area contributed by atoms with Gasteiger partial charge in [0, 0.05) is 26.2 Å². The van der Waals surface area contributed by atoms with Crippen molar-refractivity contribution in [2.24, 2.45) is 5.41 Å². The second-order valence-corrected chi connectivity index (χ2v) is 8.93. The first-order valence-corrected chi connectivity index (χ1v) is 9.95. The van der Waals surface area contributed by atoms with Crippen LogP contribution in [0.2, 0.25) is 0 Å². The van der Waals surface area contributed by atoms with E-state index in [2.05, 4.69) is 6.07 Å². The molecule has 2 aliphatic rings. The summed E-state index contributed by atoms with van der Waals surface area (Å²) in [6, 6.07) is 8.20. The summed E-state index contributed by atoms with van der Waals surface area (Å²) >= 11 is 0. The van der Waals surface area contributed by atoms with Crippen LogP contribution < -0.4 is 0 Å². The Hall–Kier alpha value is -1.40. The largest absolute Gasteiger partial charge is 0.338 e. The number of likely N-dealkylation sites (tertiary alicyclic amines) is 1. The van der Waals surface area contributed by atoms with Crippen LogP contribution in [-0.2, 0) is 21.4 Å². The Morgan fingerprint density at radius 1 is 1.22 bits per heavy atom. The molecule has 0 N–H and O–H groups in total. The molecule has 6 heteroatoms. The Kier molecular flexibility index (Phi) is 4.23. The molecular formula is C17H24N2O3S. The minimum atomic E-state index is -3.22. The number of amides is 1. The maximum Gasteiger partial charge on any atom is 0.230 e. The molecule has 23 heavy (non-hydrogen) atoms. The zero-order valence-corrected chi connectivity index (χ0v) is 14.6. The molecule has 0 bridgehead atoms. The topological polar surface area (TPSA) is 57.7 Å². The van der Waals surface area contributed by atoms with Gasteiger partial charge in [-0.15, -0.1) is 0 Å². The average Bonchev–Trinajstić information content (AvgIpc) is 2.90. The highest BCUT2D eigenvalue weighted by atomic mass is 32.2. The van der Waals surface area contributed by atoms with Crippen LogP contribution in [0.3, 0.4) is 0 Å². The van der Waals surface area contributed by atoms with Gasteiger partial charge in [-0.1, -0.05) is 29.8 Å². The molecule has 1 aromatic rings. The van der Waals surface area contributed by atoms with Gasteiger partial charge in [-0.05, 0) is 31.7 Å². The molecule has 0 aromatic heterocycles. The van der Waals surface area contributed by atoms with E-state index >= 15 is 0 Å². The molecule has 1 amide bonds. The van der Waals surface area contributed by atoms with Gasteiger partial charge in [0.1, 0.15) is 0 Å². The zero-order valence-electron chi connectivity index (χ0n) is 13.8. The van der Waals surface area contributed by atoms with Crippen LogP contribution >= 0.6 is 0 Å². The smallest absolute Gasteiger partial charge is 0.230 e. The second-order valence-electron chi connectivity index (χ2n) is 6.95. The number of carbonyl (C=O) groups is 1. The number of sulfonamides is 1. The third-order valence-electron chi connectivity index (χ3n) is 5.07. The fourth-order valence-corrected chi connectivity index (χ4v) is 4.73. The molecule has 2 saturated heterocycles. The predicted octanol–water partition coefficient (Wildman–Crippen LogP) is 1.77. The summed E-state index contributed by atoms with van der Waals surface area (Å²) in [5, 5.41) is 0. The van der Waals surface area contributed by atoms with Crippen LogP contribution in [0.5, 0.6) is 0 Å². The van der Waals surface area contributed by atoms with Gasteiger partial charge in [-0.25, -0.2) is 12.7 Å². The van der Waals surface area contributed by atoms with Crippen molar-refractivity contribution in [1.82, 2.24) is 9.21 Å². The van der Waals surface area contributed by atoms with Crippen molar-refractivity contribution < 1.29 is 13.2 Å². The third-order valence-corrected chi connectivity index (χ3v) is 6.32. The number of hydrogen-bond donors (Lipinski definition) is 0. The van der Waals surface area contributed by atoms with Crippen LogP contribution in [0.15, 0.2) is 24.3 Å². The minimum absolute atomic E-state index is 0.122. The molecule has 1 aromatic carbocycles. The molecule has 5 nitrogen and oxygen atoms in total. The van der Waals surface area contributed by atoms with E-state index in [9.17, 15) is 13.2 Å². The van der Waals surface area contributed by atoms with Gasteiger partial charge in [0.25, 0.3) is 0 Å². The lowest BCUT2D eigenvalue weighted by Gasteiger charge is -2.39. The van der Waals surface area contributed by atoms with E-state index < -0.39 is 15.4 Å². The fourth-order valence-electron chi connectivity index (χ4n) is 3.83. The first-order chi connectivity index (χ1) is 10.8. The number of carbonyl (C=O) groups excluding carboxylic acids is 1. The number of hydrogen-bond acceptors (Lipinski definition) is 3. The van der Waals surface area contributed by atoms with Crippen LogP contribution in [0.1, 0.15) is 30.4 Å². The van der Waals surface area contributed by atoms with Crippen LogP contribution in [0.4, 0.5) is 0 Å². The molecule has 0 unspecified atom stereocenters. The summed E-state index contributed by atoms with van der Waals surface area (Å²) < 4.78 is 25.0. The summed E-state index contributed by atoms with van der Waals surface area (Å²) in [6.45, 7) is 4.22. The van der Waals surface area contributed by atoms with Gasteiger partial charge >= 0.3 is 0 Å². The highest BCUT2D eigenvalue weighted by molar-refractivity contribution is 7.88. The summed E-state index contributed by atoms with van der Waals surface area (Å²) in [5.74, 6) is 0.122. The summed E-state index contributed by atoms with van der Waals surface area (Å²) in [5.41, 5.74) is 1.81. The highest BCUT2D eigenvalue weighted by Gasteiger charge is 2.50. The van der Waals surface area contributed by atoms with E-state index in [1.54, 1.807) is 0 Å². The first-order valence-electron chi connectivity index (χ1n) is 8.10. The predicted molar refractivity (Wildman–Crippen MR) is 89.3 cm³/mol. The van der Waals surface area contributed by atoms with Gasteiger partial charge in [0.2, 0.25) is 15.9 Å². The van der Waals surface area contributed by atoms with E-state index in [0.717, 1.165) is 24.9 Å². The van der Waals surface area contributed by atoms with Crippen LogP contribution in [0, 0.1) is 12.3 Å². The molecule has 2 heterocycles. The monoisotopic (exact) mass is 336 g/mol. The quantitative estimate of drug-likeness (QED) is 0.845. The van der Waals surface area contributed by atoms with Crippen molar-refractivity contribution in [1.29, 1.82) is 0 Å². The van der Waals surface area contributed by atoms with Gasteiger partial charge in [0.15, 0.2) is 0 Å². The number of nitrogens with zero attached hydrogens (tertiary/aromatic N) is 2. The van der Waals surface area contributed by atoms with Gasteiger partial charge in [0.05, 0.1) is 11.7 Å².